The first-order valence-electron chi connectivity index (χ1n) is 6.43. The highest BCUT2D eigenvalue weighted by molar-refractivity contribution is 7.89. The van der Waals surface area contributed by atoms with E-state index < -0.39 is 20.9 Å². The fraction of sp³-hybridized carbons (Fsp3) is 0.0714. The van der Waals surface area contributed by atoms with Gasteiger partial charge in [0.2, 0.25) is 10.0 Å². The Balaban J connectivity index is 2.18. The van der Waals surface area contributed by atoms with Crippen LogP contribution in [0.4, 0.5) is 11.4 Å². The number of nitrogens with zero attached hydrogens (tertiary/aromatic N) is 1. The van der Waals surface area contributed by atoms with E-state index in [2.05, 4.69) is 10.0 Å². The number of anilines is 1. The van der Waals surface area contributed by atoms with Crippen molar-refractivity contribution < 1.29 is 18.1 Å². The minimum absolute atomic E-state index is 0.0342. The van der Waals surface area contributed by atoms with Gasteiger partial charge in [0.15, 0.2) is 0 Å². The van der Waals surface area contributed by atoms with Gasteiger partial charge in [0, 0.05) is 23.4 Å². The van der Waals surface area contributed by atoms with Gasteiger partial charge in [-0.15, -0.1) is 0 Å². The number of hydrogen-bond donors (Lipinski definition) is 2. The third-order valence-corrected chi connectivity index (χ3v) is 4.44. The summed E-state index contributed by atoms with van der Waals surface area (Å²) in [6.07, 6.45) is 0. The third-order valence-electron chi connectivity index (χ3n) is 3.01. The van der Waals surface area contributed by atoms with Crippen molar-refractivity contribution in [1.82, 2.24) is 4.72 Å². The van der Waals surface area contributed by atoms with Crippen LogP contribution in [-0.2, 0) is 10.0 Å². The molecule has 0 saturated heterocycles. The molecule has 0 bridgehead atoms. The lowest BCUT2D eigenvalue weighted by Crippen LogP contribution is -2.19. The number of benzene rings is 2. The quantitative estimate of drug-likeness (QED) is 0.637. The molecule has 23 heavy (non-hydrogen) atoms. The number of nitro groups is 1. The van der Waals surface area contributed by atoms with Crippen LogP contribution in [0, 0.1) is 10.1 Å². The number of amides is 1. The topological polar surface area (TPSA) is 118 Å². The van der Waals surface area contributed by atoms with Gasteiger partial charge in [0.25, 0.3) is 11.6 Å². The molecular formula is C14H13N3O5S. The van der Waals surface area contributed by atoms with Crippen molar-refractivity contribution in [2.45, 2.75) is 4.90 Å². The van der Waals surface area contributed by atoms with Gasteiger partial charge in [0.05, 0.1) is 9.82 Å². The molecule has 0 aliphatic heterocycles. The number of carbonyl (C=O) groups is 1. The van der Waals surface area contributed by atoms with Crippen molar-refractivity contribution >= 4 is 27.3 Å². The molecule has 0 radical (unpaired) electrons. The zero-order valence-electron chi connectivity index (χ0n) is 12.0. The molecule has 0 aromatic heterocycles. The second-order valence-corrected chi connectivity index (χ2v) is 6.38. The summed E-state index contributed by atoms with van der Waals surface area (Å²) in [6, 6.07) is 10.8. The molecule has 2 rings (SSSR count). The van der Waals surface area contributed by atoms with Gasteiger partial charge in [-0.1, -0.05) is 6.07 Å². The Morgan fingerprint density at radius 2 is 1.78 bits per heavy atom. The Labute approximate surface area is 132 Å². The molecule has 2 aromatic rings. The van der Waals surface area contributed by atoms with E-state index in [0.29, 0.717) is 0 Å². The smallest absolute Gasteiger partial charge is 0.271 e. The van der Waals surface area contributed by atoms with E-state index in [1.807, 2.05) is 0 Å². The van der Waals surface area contributed by atoms with Crippen molar-refractivity contribution in [1.29, 1.82) is 0 Å². The summed E-state index contributed by atoms with van der Waals surface area (Å²) in [4.78, 5) is 22.3. The Bertz CT molecular complexity index is 847. The maximum Gasteiger partial charge on any atom is 0.271 e. The maximum absolute atomic E-state index is 12.1. The van der Waals surface area contributed by atoms with E-state index in [1.165, 1.54) is 55.6 Å². The van der Waals surface area contributed by atoms with Gasteiger partial charge < -0.3 is 5.32 Å². The molecule has 0 aliphatic rings. The molecule has 2 aromatic carbocycles. The lowest BCUT2D eigenvalue weighted by Gasteiger charge is -2.06. The summed E-state index contributed by atoms with van der Waals surface area (Å²) in [7, 11) is -2.28. The van der Waals surface area contributed by atoms with Crippen LogP contribution < -0.4 is 10.0 Å². The normalized spacial score (nSPS) is 11.0. The summed E-state index contributed by atoms with van der Waals surface area (Å²) >= 11 is 0. The molecule has 0 heterocycles. The fourth-order valence-corrected chi connectivity index (χ4v) is 2.53. The second-order valence-electron chi connectivity index (χ2n) is 4.49. The van der Waals surface area contributed by atoms with E-state index >= 15 is 0 Å². The molecule has 9 heteroatoms. The van der Waals surface area contributed by atoms with Crippen molar-refractivity contribution in [2.75, 3.05) is 12.4 Å². The zero-order chi connectivity index (χ0) is 17.0. The maximum atomic E-state index is 12.1. The molecule has 0 saturated carbocycles. The van der Waals surface area contributed by atoms with E-state index in [-0.39, 0.29) is 21.8 Å². The molecular weight excluding hydrogens is 322 g/mol. The first-order chi connectivity index (χ1) is 10.8. The van der Waals surface area contributed by atoms with E-state index in [0.717, 1.165) is 0 Å². The van der Waals surface area contributed by atoms with Crippen LogP contribution in [0.3, 0.4) is 0 Å². The fourth-order valence-electron chi connectivity index (χ4n) is 1.80. The van der Waals surface area contributed by atoms with Gasteiger partial charge >= 0.3 is 0 Å². The summed E-state index contributed by atoms with van der Waals surface area (Å²) in [5, 5.41) is 13.2. The van der Waals surface area contributed by atoms with Crippen molar-refractivity contribution in [3.8, 4) is 0 Å². The highest BCUT2D eigenvalue weighted by Gasteiger charge is 2.13. The standard InChI is InChI=1S/C14H13N3O5S/c1-15-23(21,22)13-7-5-10(6-8-13)14(18)16-11-3-2-4-12(9-11)17(19)20/h2-9,15H,1H3,(H,16,18). The number of carbonyl (C=O) groups excluding carboxylic acids is 1. The van der Waals surface area contributed by atoms with E-state index in [4.69, 9.17) is 0 Å². The number of sulfonamides is 1. The van der Waals surface area contributed by atoms with Gasteiger partial charge in [-0.2, -0.15) is 0 Å². The first-order valence-corrected chi connectivity index (χ1v) is 7.91. The summed E-state index contributed by atoms with van der Waals surface area (Å²) < 4.78 is 25.4. The Morgan fingerprint density at radius 1 is 1.13 bits per heavy atom. The van der Waals surface area contributed by atoms with Crippen LogP contribution in [0.15, 0.2) is 53.4 Å². The monoisotopic (exact) mass is 335 g/mol. The lowest BCUT2D eigenvalue weighted by molar-refractivity contribution is -0.384. The minimum Gasteiger partial charge on any atom is -0.322 e. The first kappa shape index (κ1) is 16.6. The Kier molecular flexibility index (Phi) is 4.72. The molecule has 2 N–H and O–H groups in total. The summed E-state index contributed by atoms with van der Waals surface area (Å²) in [5.41, 5.74) is 0.362. The van der Waals surface area contributed by atoms with Crippen molar-refractivity contribution in [2.24, 2.45) is 0 Å². The zero-order valence-corrected chi connectivity index (χ0v) is 12.8. The average Bonchev–Trinajstić information content (AvgIpc) is 2.55. The molecule has 0 fully saturated rings. The Morgan fingerprint density at radius 3 is 2.35 bits per heavy atom. The molecule has 0 atom stereocenters. The average molecular weight is 335 g/mol. The molecule has 8 nitrogen and oxygen atoms in total. The van der Waals surface area contributed by atoms with Gasteiger partial charge in [-0.25, -0.2) is 13.1 Å². The van der Waals surface area contributed by atoms with Gasteiger partial charge in [-0.05, 0) is 37.4 Å². The summed E-state index contributed by atoms with van der Waals surface area (Å²) in [6.45, 7) is 0. The lowest BCUT2D eigenvalue weighted by atomic mass is 10.2. The number of hydrogen-bond acceptors (Lipinski definition) is 5. The third kappa shape index (κ3) is 3.90. The van der Waals surface area contributed by atoms with Crippen LogP contribution in [0.25, 0.3) is 0 Å². The molecule has 120 valence electrons. The highest BCUT2D eigenvalue weighted by Crippen LogP contribution is 2.18. The number of non-ortho nitro benzene ring substituents is 1. The predicted octanol–water partition coefficient (Wildman–Crippen LogP) is 1.76. The molecule has 1 amide bonds. The number of nitro benzene ring substituents is 1. The molecule has 0 aliphatic carbocycles. The minimum atomic E-state index is -3.57. The van der Waals surface area contributed by atoms with Crippen LogP contribution in [-0.4, -0.2) is 26.3 Å². The van der Waals surface area contributed by atoms with Crippen LogP contribution >= 0.6 is 0 Å². The van der Waals surface area contributed by atoms with E-state index in [1.54, 1.807) is 0 Å². The largest absolute Gasteiger partial charge is 0.322 e. The van der Waals surface area contributed by atoms with Gasteiger partial charge in [-0.3, -0.25) is 14.9 Å². The highest BCUT2D eigenvalue weighted by atomic mass is 32.2. The number of nitrogens with one attached hydrogen (secondary N) is 2. The SMILES string of the molecule is CNS(=O)(=O)c1ccc(C(=O)Nc2cccc([N+](=O)[O-])c2)cc1. The van der Waals surface area contributed by atoms with Crippen molar-refractivity contribution in [3.63, 3.8) is 0 Å². The number of rotatable bonds is 5. The molecule has 0 unspecified atom stereocenters. The Hall–Kier alpha value is -2.78. The van der Waals surface area contributed by atoms with Crippen LogP contribution in [0.5, 0.6) is 0 Å². The predicted molar refractivity (Wildman–Crippen MR) is 83.7 cm³/mol. The molecule has 0 spiro atoms. The van der Waals surface area contributed by atoms with Crippen molar-refractivity contribution in [3.05, 3.63) is 64.2 Å². The van der Waals surface area contributed by atoms with Gasteiger partial charge in [0.1, 0.15) is 0 Å². The van der Waals surface area contributed by atoms with Crippen LogP contribution in [0.2, 0.25) is 0 Å². The summed E-state index contributed by atoms with van der Waals surface area (Å²) in [5.74, 6) is -0.501. The van der Waals surface area contributed by atoms with Crippen LogP contribution in [0.1, 0.15) is 10.4 Å². The van der Waals surface area contributed by atoms with E-state index in [9.17, 15) is 23.3 Å². The second kappa shape index (κ2) is 6.55.